The SMILES string of the molecule is Cc1cc(C(=O)N2C[C@@H](N)[C@H](c3ccccc3)C2)c2c(C(C)C)noc2n1.Cl. The maximum Gasteiger partial charge on any atom is 0.259 e. The molecular formula is C21H25ClN4O2. The van der Waals surface area contributed by atoms with Crippen LogP contribution in [0, 0.1) is 6.92 Å². The highest BCUT2D eigenvalue weighted by atomic mass is 35.5. The molecule has 1 aromatic carbocycles. The van der Waals surface area contributed by atoms with Gasteiger partial charge in [0.2, 0.25) is 0 Å². The summed E-state index contributed by atoms with van der Waals surface area (Å²) in [6.07, 6.45) is 0. The Hall–Kier alpha value is -2.44. The van der Waals surface area contributed by atoms with Crippen LogP contribution in [0.5, 0.6) is 0 Å². The summed E-state index contributed by atoms with van der Waals surface area (Å²) in [6, 6.07) is 11.9. The predicted molar refractivity (Wildman–Crippen MR) is 111 cm³/mol. The Kier molecular flexibility index (Phi) is 5.72. The number of rotatable bonds is 3. The molecule has 7 heteroatoms. The third-order valence-electron chi connectivity index (χ3n) is 5.26. The summed E-state index contributed by atoms with van der Waals surface area (Å²) in [5.74, 6) is 0.241. The molecule has 0 spiro atoms. The summed E-state index contributed by atoms with van der Waals surface area (Å²) in [5, 5.41) is 4.87. The number of amides is 1. The number of pyridine rings is 1. The summed E-state index contributed by atoms with van der Waals surface area (Å²) in [6.45, 7) is 7.06. The van der Waals surface area contributed by atoms with Crippen LogP contribution in [0.3, 0.4) is 0 Å². The molecule has 0 saturated carbocycles. The number of aryl methyl sites for hydroxylation is 1. The third-order valence-corrected chi connectivity index (χ3v) is 5.26. The van der Waals surface area contributed by atoms with Gasteiger partial charge in [-0.15, -0.1) is 12.4 Å². The Morgan fingerprint density at radius 1 is 1.25 bits per heavy atom. The largest absolute Gasteiger partial charge is 0.336 e. The second kappa shape index (κ2) is 7.89. The summed E-state index contributed by atoms with van der Waals surface area (Å²) in [4.78, 5) is 19.6. The molecule has 2 atom stereocenters. The first kappa shape index (κ1) is 20.3. The number of likely N-dealkylation sites (tertiary alicyclic amines) is 1. The smallest absolute Gasteiger partial charge is 0.259 e. The van der Waals surface area contributed by atoms with Crippen LogP contribution in [0.15, 0.2) is 40.9 Å². The highest BCUT2D eigenvalue weighted by Gasteiger charge is 2.35. The second-order valence-electron chi connectivity index (χ2n) is 7.61. The molecule has 28 heavy (non-hydrogen) atoms. The van der Waals surface area contributed by atoms with Crippen LogP contribution >= 0.6 is 12.4 Å². The minimum atomic E-state index is -0.0816. The van der Waals surface area contributed by atoms with Crippen LogP contribution < -0.4 is 5.73 Å². The quantitative estimate of drug-likeness (QED) is 0.725. The Labute approximate surface area is 170 Å². The van der Waals surface area contributed by atoms with Crippen LogP contribution in [-0.2, 0) is 0 Å². The fourth-order valence-corrected chi connectivity index (χ4v) is 3.88. The maximum absolute atomic E-state index is 13.4. The molecule has 0 aliphatic carbocycles. The normalized spacial score (nSPS) is 19.2. The molecule has 3 aromatic rings. The minimum absolute atomic E-state index is 0. The molecule has 4 rings (SSSR count). The first-order chi connectivity index (χ1) is 13.0. The van der Waals surface area contributed by atoms with E-state index in [2.05, 4.69) is 22.3 Å². The molecule has 1 saturated heterocycles. The molecule has 1 amide bonds. The third kappa shape index (κ3) is 3.50. The van der Waals surface area contributed by atoms with Gasteiger partial charge in [-0.05, 0) is 24.5 Å². The average Bonchev–Trinajstić information content (AvgIpc) is 3.25. The van der Waals surface area contributed by atoms with E-state index < -0.39 is 0 Å². The van der Waals surface area contributed by atoms with Gasteiger partial charge in [-0.1, -0.05) is 49.3 Å². The summed E-state index contributed by atoms with van der Waals surface area (Å²) in [7, 11) is 0. The van der Waals surface area contributed by atoms with Crippen LogP contribution in [0.1, 0.15) is 53.0 Å². The molecule has 1 aliphatic rings. The number of hydrogen-bond donors (Lipinski definition) is 1. The topological polar surface area (TPSA) is 85.2 Å². The Morgan fingerprint density at radius 2 is 1.96 bits per heavy atom. The Balaban J connectivity index is 0.00000225. The molecule has 148 valence electrons. The van der Waals surface area contributed by atoms with E-state index in [1.807, 2.05) is 49.9 Å². The number of halogens is 1. The number of hydrogen-bond acceptors (Lipinski definition) is 5. The maximum atomic E-state index is 13.4. The van der Waals surface area contributed by atoms with Crippen molar-refractivity contribution in [2.75, 3.05) is 13.1 Å². The lowest BCUT2D eigenvalue weighted by atomic mass is 9.95. The fourth-order valence-electron chi connectivity index (χ4n) is 3.88. The van der Waals surface area contributed by atoms with Gasteiger partial charge in [0, 0.05) is 30.7 Å². The van der Waals surface area contributed by atoms with Crippen molar-refractivity contribution in [2.45, 2.75) is 38.6 Å². The van der Waals surface area contributed by atoms with Crippen molar-refractivity contribution in [3.05, 3.63) is 58.9 Å². The van der Waals surface area contributed by atoms with Gasteiger partial charge in [0.15, 0.2) is 0 Å². The summed E-state index contributed by atoms with van der Waals surface area (Å²) in [5.41, 5.74) is 10.1. The van der Waals surface area contributed by atoms with Gasteiger partial charge in [0.05, 0.1) is 16.6 Å². The van der Waals surface area contributed by atoms with Gasteiger partial charge in [-0.2, -0.15) is 0 Å². The van der Waals surface area contributed by atoms with E-state index in [-0.39, 0.29) is 36.2 Å². The Bertz CT molecular complexity index is 987. The number of fused-ring (bicyclic) bond motifs is 1. The lowest BCUT2D eigenvalue weighted by molar-refractivity contribution is 0.0791. The predicted octanol–water partition coefficient (Wildman–Crippen LogP) is 3.64. The van der Waals surface area contributed by atoms with Gasteiger partial charge in [-0.25, -0.2) is 4.98 Å². The monoisotopic (exact) mass is 400 g/mol. The van der Waals surface area contributed by atoms with Crippen molar-refractivity contribution < 1.29 is 9.32 Å². The van der Waals surface area contributed by atoms with E-state index in [1.165, 1.54) is 5.56 Å². The van der Waals surface area contributed by atoms with Gasteiger partial charge in [-0.3, -0.25) is 4.79 Å². The molecule has 2 N–H and O–H groups in total. The summed E-state index contributed by atoms with van der Waals surface area (Å²) >= 11 is 0. The van der Waals surface area contributed by atoms with Crippen molar-refractivity contribution in [2.24, 2.45) is 5.73 Å². The van der Waals surface area contributed by atoms with Crippen molar-refractivity contribution in [3.8, 4) is 0 Å². The number of aromatic nitrogens is 2. The van der Waals surface area contributed by atoms with Gasteiger partial charge < -0.3 is 15.2 Å². The minimum Gasteiger partial charge on any atom is -0.336 e. The highest BCUT2D eigenvalue weighted by Crippen LogP contribution is 2.31. The number of carbonyl (C=O) groups excluding carboxylic acids is 1. The van der Waals surface area contributed by atoms with Crippen LogP contribution in [0.4, 0.5) is 0 Å². The first-order valence-corrected chi connectivity index (χ1v) is 9.32. The van der Waals surface area contributed by atoms with Gasteiger partial charge >= 0.3 is 0 Å². The molecule has 2 aromatic heterocycles. The van der Waals surface area contributed by atoms with Crippen LogP contribution in [-0.4, -0.2) is 40.1 Å². The number of nitrogens with two attached hydrogens (primary N) is 1. The number of benzene rings is 1. The molecule has 0 unspecified atom stereocenters. The zero-order chi connectivity index (χ0) is 19.1. The van der Waals surface area contributed by atoms with Crippen LogP contribution in [0.25, 0.3) is 11.1 Å². The number of carbonyl (C=O) groups is 1. The standard InChI is InChI=1S/C21H24N4O2.ClH/c1-12(2)19-18-15(9-13(3)23-20(18)27-24-19)21(26)25-10-16(17(22)11-25)14-7-5-4-6-8-14;/h4-9,12,16-17H,10-11,22H2,1-3H3;1H/t16-,17+;/m0./s1. The van der Waals surface area contributed by atoms with Crippen molar-refractivity contribution in [1.82, 2.24) is 15.0 Å². The van der Waals surface area contributed by atoms with E-state index >= 15 is 0 Å². The molecule has 3 heterocycles. The number of nitrogens with zero attached hydrogens (tertiary/aromatic N) is 3. The van der Waals surface area contributed by atoms with E-state index in [0.29, 0.717) is 24.4 Å². The van der Waals surface area contributed by atoms with E-state index in [1.54, 1.807) is 0 Å². The summed E-state index contributed by atoms with van der Waals surface area (Å²) < 4.78 is 5.40. The molecule has 1 fully saturated rings. The van der Waals surface area contributed by atoms with E-state index in [0.717, 1.165) is 16.8 Å². The first-order valence-electron chi connectivity index (χ1n) is 9.32. The van der Waals surface area contributed by atoms with Gasteiger partial charge in [0.1, 0.15) is 0 Å². The zero-order valence-electron chi connectivity index (χ0n) is 16.3. The molecule has 0 bridgehead atoms. The molecular weight excluding hydrogens is 376 g/mol. The Morgan fingerprint density at radius 3 is 2.64 bits per heavy atom. The zero-order valence-corrected chi connectivity index (χ0v) is 17.1. The lowest BCUT2D eigenvalue weighted by Gasteiger charge is -2.17. The van der Waals surface area contributed by atoms with Crippen molar-refractivity contribution in [3.63, 3.8) is 0 Å². The van der Waals surface area contributed by atoms with Crippen LogP contribution in [0.2, 0.25) is 0 Å². The lowest BCUT2D eigenvalue weighted by Crippen LogP contribution is -2.32. The van der Waals surface area contributed by atoms with E-state index in [4.69, 9.17) is 10.3 Å². The molecule has 0 radical (unpaired) electrons. The van der Waals surface area contributed by atoms with Crippen molar-refractivity contribution in [1.29, 1.82) is 0 Å². The highest BCUT2D eigenvalue weighted by molar-refractivity contribution is 6.06. The van der Waals surface area contributed by atoms with E-state index in [9.17, 15) is 4.79 Å². The van der Waals surface area contributed by atoms with Crippen molar-refractivity contribution >= 4 is 29.4 Å². The second-order valence-corrected chi connectivity index (χ2v) is 7.61. The fraction of sp³-hybridized carbons (Fsp3) is 0.381. The molecule has 6 nitrogen and oxygen atoms in total. The average molecular weight is 401 g/mol. The molecule has 1 aliphatic heterocycles. The van der Waals surface area contributed by atoms with Gasteiger partial charge in [0.25, 0.3) is 11.6 Å².